The summed E-state index contributed by atoms with van der Waals surface area (Å²) < 4.78 is 17.5. The van der Waals surface area contributed by atoms with E-state index in [0.29, 0.717) is 45.3 Å². The summed E-state index contributed by atoms with van der Waals surface area (Å²) in [6, 6.07) is 18.2. The lowest BCUT2D eigenvalue weighted by molar-refractivity contribution is 0.0951. The molecule has 2 aromatic carbocycles. The zero-order valence-corrected chi connectivity index (χ0v) is 22.1. The van der Waals surface area contributed by atoms with E-state index in [0.717, 1.165) is 22.6 Å². The Morgan fingerprint density at radius 2 is 1.92 bits per heavy atom. The molecule has 4 aromatic rings. The predicted octanol–water partition coefficient (Wildman–Crippen LogP) is 5.65. The number of carbonyl (C=O) groups is 1. The average Bonchev–Trinajstić information content (AvgIpc) is 3.56. The van der Waals surface area contributed by atoms with Crippen molar-refractivity contribution in [2.75, 3.05) is 27.2 Å². The molecule has 0 fully saturated rings. The van der Waals surface area contributed by atoms with E-state index in [2.05, 4.69) is 17.1 Å². The molecule has 2 heterocycles. The normalized spacial score (nSPS) is 10.7. The maximum absolute atomic E-state index is 12.3. The van der Waals surface area contributed by atoms with Crippen molar-refractivity contribution in [2.24, 2.45) is 5.73 Å². The van der Waals surface area contributed by atoms with Crippen LogP contribution in [0.2, 0.25) is 4.34 Å². The molecule has 0 aliphatic rings. The topological polar surface area (TPSA) is 103 Å². The number of halogens is 1. The van der Waals surface area contributed by atoms with Gasteiger partial charge in [-0.3, -0.25) is 4.79 Å². The highest BCUT2D eigenvalue weighted by atomic mass is 35.5. The van der Waals surface area contributed by atoms with Crippen LogP contribution in [0.15, 0.2) is 71.8 Å². The predicted molar refractivity (Wildman–Crippen MR) is 146 cm³/mol. The highest BCUT2D eigenvalue weighted by Crippen LogP contribution is 2.36. The lowest BCUT2D eigenvalue weighted by atomic mass is 10.0. The van der Waals surface area contributed by atoms with Crippen LogP contribution in [-0.2, 0) is 6.54 Å². The molecule has 8 nitrogen and oxygen atoms in total. The van der Waals surface area contributed by atoms with Crippen molar-refractivity contribution < 1.29 is 18.8 Å². The molecule has 0 radical (unpaired) electrons. The molecule has 0 saturated heterocycles. The first-order valence-corrected chi connectivity index (χ1v) is 12.6. The fraction of sp³-hybridized carbons (Fsp3) is 0.185. The summed E-state index contributed by atoms with van der Waals surface area (Å²) in [6.45, 7) is 5.57. The van der Waals surface area contributed by atoms with E-state index in [1.165, 1.54) is 11.3 Å². The first kappa shape index (κ1) is 26.3. The number of ether oxygens (including phenoxy) is 2. The number of aromatic nitrogens is 1. The number of hydrogen-bond acceptors (Lipinski definition) is 8. The molecular formula is C27H27ClN4O4S. The van der Waals surface area contributed by atoms with Gasteiger partial charge in [0.2, 0.25) is 0 Å². The van der Waals surface area contributed by atoms with E-state index < -0.39 is 0 Å². The molecule has 0 unspecified atom stereocenters. The molecule has 1 amide bonds. The minimum absolute atomic E-state index is 0.175. The Bertz CT molecular complexity index is 1380. The van der Waals surface area contributed by atoms with Crippen LogP contribution < -0.4 is 20.5 Å². The van der Waals surface area contributed by atoms with Crippen molar-refractivity contribution in [2.45, 2.75) is 6.54 Å². The standard InChI is InChI=1S/C27H27ClN4O4S/c1-17(32(2)13-12-29)18-4-9-22(24(14-18)35-20-7-5-19(34-3)6-8-20)23-15-21(36-31-23)16-30-27(33)25-10-11-26(28)37-25/h4-11,14-15H,1,12-13,16,29H2,2-3H3,(H,30,33). The maximum atomic E-state index is 12.3. The Labute approximate surface area is 224 Å². The summed E-state index contributed by atoms with van der Waals surface area (Å²) in [7, 11) is 3.55. The third kappa shape index (κ3) is 6.51. The number of likely N-dealkylation sites (N-methyl/N-ethyl adjacent to an activating group) is 1. The van der Waals surface area contributed by atoms with Gasteiger partial charge in [-0.1, -0.05) is 29.4 Å². The van der Waals surface area contributed by atoms with Gasteiger partial charge in [0.25, 0.3) is 5.91 Å². The average molecular weight is 539 g/mol. The van der Waals surface area contributed by atoms with Gasteiger partial charge in [-0.2, -0.15) is 0 Å². The van der Waals surface area contributed by atoms with Gasteiger partial charge in [0, 0.05) is 43.0 Å². The molecule has 0 atom stereocenters. The Hall–Kier alpha value is -3.79. The summed E-state index contributed by atoms with van der Waals surface area (Å²) in [5.41, 5.74) is 8.70. The van der Waals surface area contributed by atoms with Crippen molar-refractivity contribution in [1.82, 2.24) is 15.4 Å². The fourth-order valence-electron chi connectivity index (χ4n) is 3.53. The number of benzene rings is 2. The number of nitrogens with zero attached hydrogens (tertiary/aromatic N) is 2. The molecule has 0 aliphatic heterocycles. The first-order chi connectivity index (χ1) is 17.9. The summed E-state index contributed by atoms with van der Waals surface area (Å²) in [6.07, 6.45) is 0. The number of amides is 1. The molecule has 0 aliphatic carbocycles. The van der Waals surface area contributed by atoms with Gasteiger partial charge in [0.05, 0.1) is 22.9 Å². The summed E-state index contributed by atoms with van der Waals surface area (Å²) >= 11 is 7.13. The summed E-state index contributed by atoms with van der Waals surface area (Å²) in [5, 5.41) is 7.03. The van der Waals surface area contributed by atoms with Crippen LogP contribution in [0.1, 0.15) is 21.0 Å². The highest BCUT2D eigenvalue weighted by molar-refractivity contribution is 7.18. The number of hydrogen-bond donors (Lipinski definition) is 2. The molecule has 0 bridgehead atoms. The monoisotopic (exact) mass is 538 g/mol. The van der Waals surface area contributed by atoms with Crippen LogP contribution in [0.3, 0.4) is 0 Å². The number of carbonyl (C=O) groups excluding carboxylic acids is 1. The summed E-state index contributed by atoms with van der Waals surface area (Å²) in [4.78, 5) is 14.9. The van der Waals surface area contributed by atoms with Crippen LogP contribution in [0.25, 0.3) is 17.0 Å². The molecule has 37 heavy (non-hydrogen) atoms. The number of methoxy groups -OCH3 is 1. The van der Waals surface area contributed by atoms with Gasteiger partial charge >= 0.3 is 0 Å². The van der Waals surface area contributed by atoms with Gasteiger partial charge in [0.15, 0.2) is 5.76 Å². The highest BCUT2D eigenvalue weighted by Gasteiger charge is 2.17. The van der Waals surface area contributed by atoms with Crippen molar-refractivity contribution in [3.8, 4) is 28.5 Å². The minimum Gasteiger partial charge on any atom is -0.497 e. The number of rotatable bonds is 11. The van der Waals surface area contributed by atoms with Gasteiger partial charge in [0.1, 0.15) is 22.9 Å². The van der Waals surface area contributed by atoms with Crippen LogP contribution in [-0.4, -0.2) is 43.2 Å². The van der Waals surface area contributed by atoms with Gasteiger partial charge in [-0.15, -0.1) is 11.3 Å². The molecular weight excluding hydrogens is 512 g/mol. The third-order valence-corrected chi connectivity index (χ3v) is 6.81. The largest absolute Gasteiger partial charge is 0.497 e. The Morgan fingerprint density at radius 3 is 2.59 bits per heavy atom. The van der Waals surface area contributed by atoms with Crippen molar-refractivity contribution in [1.29, 1.82) is 0 Å². The van der Waals surface area contributed by atoms with E-state index in [1.807, 2.05) is 54.4 Å². The maximum Gasteiger partial charge on any atom is 0.261 e. The minimum atomic E-state index is -0.233. The lowest BCUT2D eigenvalue weighted by Gasteiger charge is -2.22. The van der Waals surface area contributed by atoms with Crippen molar-refractivity contribution in [3.05, 3.63) is 87.8 Å². The van der Waals surface area contributed by atoms with Crippen LogP contribution >= 0.6 is 22.9 Å². The van der Waals surface area contributed by atoms with Gasteiger partial charge in [-0.05, 0) is 48.5 Å². The molecule has 0 saturated carbocycles. The van der Waals surface area contributed by atoms with E-state index in [9.17, 15) is 4.79 Å². The number of nitrogens with one attached hydrogen (secondary N) is 1. The van der Waals surface area contributed by atoms with E-state index in [1.54, 1.807) is 25.3 Å². The quantitative estimate of drug-likeness (QED) is 0.254. The second-order valence-corrected chi connectivity index (χ2v) is 9.83. The molecule has 3 N–H and O–H groups in total. The number of nitrogens with two attached hydrogens (primary N) is 1. The zero-order valence-electron chi connectivity index (χ0n) is 20.5. The second kappa shape index (κ2) is 12.0. The van der Waals surface area contributed by atoms with Crippen molar-refractivity contribution in [3.63, 3.8) is 0 Å². The smallest absolute Gasteiger partial charge is 0.261 e. The SMILES string of the molecule is C=C(c1ccc(-c2cc(CNC(=O)c3ccc(Cl)s3)on2)c(Oc2ccc(OC)cc2)c1)N(C)CCN. The van der Waals surface area contributed by atoms with Crippen LogP contribution in [0.4, 0.5) is 0 Å². The Kier molecular flexibility index (Phi) is 8.50. The molecule has 192 valence electrons. The molecule has 10 heteroatoms. The van der Waals surface area contributed by atoms with Crippen LogP contribution in [0, 0.1) is 0 Å². The van der Waals surface area contributed by atoms with E-state index in [-0.39, 0.29) is 12.5 Å². The lowest BCUT2D eigenvalue weighted by Crippen LogP contribution is -2.23. The second-order valence-electron chi connectivity index (χ2n) is 8.11. The van der Waals surface area contributed by atoms with E-state index in [4.69, 9.17) is 31.3 Å². The van der Waals surface area contributed by atoms with Gasteiger partial charge in [-0.25, -0.2) is 0 Å². The fourth-order valence-corrected chi connectivity index (χ4v) is 4.49. The Morgan fingerprint density at radius 1 is 1.16 bits per heavy atom. The third-order valence-electron chi connectivity index (χ3n) is 5.58. The molecule has 2 aromatic heterocycles. The van der Waals surface area contributed by atoms with Crippen molar-refractivity contribution >= 4 is 34.5 Å². The summed E-state index contributed by atoms with van der Waals surface area (Å²) in [5.74, 6) is 2.19. The van der Waals surface area contributed by atoms with E-state index >= 15 is 0 Å². The molecule has 4 rings (SSSR count). The first-order valence-electron chi connectivity index (χ1n) is 11.4. The zero-order chi connectivity index (χ0) is 26.4. The Balaban J connectivity index is 1.58. The van der Waals surface area contributed by atoms with Crippen LogP contribution in [0.5, 0.6) is 17.2 Å². The van der Waals surface area contributed by atoms with Gasteiger partial charge < -0.3 is 29.9 Å². The number of thiophene rings is 1. The molecule has 0 spiro atoms.